The maximum Gasteiger partial charge on any atom is 0.0499 e. The van der Waals surface area contributed by atoms with Crippen LogP contribution in [0.25, 0.3) is 0 Å². The van der Waals surface area contributed by atoms with E-state index in [0.717, 1.165) is 12.3 Å². The van der Waals surface area contributed by atoms with Gasteiger partial charge >= 0.3 is 0 Å². The lowest BCUT2D eigenvalue weighted by Gasteiger charge is -1.97. The average Bonchev–Trinajstić information content (AvgIpc) is 2.41. The van der Waals surface area contributed by atoms with Crippen LogP contribution in [0.15, 0.2) is 18.5 Å². The third-order valence-electron chi connectivity index (χ3n) is 1.23. The van der Waals surface area contributed by atoms with Gasteiger partial charge < -0.3 is 0 Å². The van der Waals surface area contributed by atoms with Crippen molar-refractivity contribution in [3.8, 4) is 0 Å². The summed E-state index contributed by atoms with van der Waals surface area (Å²) in [5, 5.41) is 4.09. The van der Waals surface area contributed by atoms with E-state index in [1.807, 2.05) is 34.9 Å². The number of nitrogens with zero attached hydrogens (tertiary/aromatic N) is 2. The maximum absolute atomic E-state index is 4.09. The Labute approximate surface area is 65.6 Å². The summed E-state index contributed by atoms with van der Waals surface area (Å²) in [4.78, 5) is 0. The van der Waals surface area contributed by atoms with Crippen molar-refractivity contribution in [2.24, 2.45) is 0 Å². The quantitative estimate of drug-likeness (QED) is 0.617. The summed E-state index contributed by atoms with van der Waals surface area (Å²) in [6.45, 7) is 3.21. The molecule has 3 heteroatoms. The molecular weight excluding hydrogens is 144 g/mol. The summed E-state index contributed by atoms with van der Waals surface area (Å²) < 4.78 is 1.96. The molecule has 56 valence electrons. The zero-order valence-electron chi connectivity index (χ0n) is 6.16. The molecular formula is C7H12N2S. The first-order valence-corrected chi connectivity index (χ1v) is 4.64. The molecule has 0 aromatic carbocycles. The highest BCUT2D eigenvalue weighted by molar-refractivity contribution is 7.99. The summed E-state index contributed by atoms with van der Waals surface area (Å²) in [6.07, 6.45) is 3.81. The molecule has 1 heterocycles. The number of thioether (sulfide) groups is 1. The molecule has 0 spiro atoms. The van der Waals surface area contributed by atoms with E-state index in [4.69, 9.17) is 0 Å². The van der Waals surface area contributed by atoms with Crippen LogP contribution in [-0.4, -0.2) is 21.3 Å². The summed E-state index contributed by atoms with van der Waals surface area (Å²) >= 11 is 1.95. The van der Waals surface area contributed by atoms with Crippen molar-refractivity contribution in [2.75, 3.05) is 11.5 Å². The van der Waals surface area contributed by atoms with Gasteiger partial charge in [0.1, 0.15) is 0 Å². The van der Waals surface area contributed by atoms with Gasteiger partial charge in [0.05, 0.1) is 0 Å². The molecule has 1 aromatic rings. The topological polar surface area (TPSA) is 17.8 Å². The van der Waals surface area contributed by atoms with Crippen molar-refractivity contribution in [3.05, 3.63) is 18.5 Å². The fourth-order valence-electron chi connectivity index (χ4n) is 0.735. The number of aromatic nitrogens is 2. The zero-order valence-corrected chi connectivity index (χ0v) is 6.97. The van der Waals surface area contributed by atoms with E-state index in [0.29, 0.717) is 0 Å². The van der Waals surface area contributed by atoms with Gasteiger partial charge in [0.25, 0.3) is 0 Å². The summed E-state index contributed by atoms with van der Waals surface area (Å²) in [5.41, 5.74) is 0. The van der Waals surface area contributed by atoms with E-state index in [1.165, 1.54) is 5.75 Å². The fraction of sp³-hybridized carbons (Fsp3) is 0.571. The summed E-state index contributed by atoms with van der Waals surface area (Å²) in [6, 6.07) is 1.95. The van der Waals surface area contributed by atoms with Crippen molar-refractivity contribution in [2.45, 2.75) is 13.5 Å². The minimum absolute atomic E-state index is 1.03. The van der Waals surface area contributed by atoms with Crippen LogP contribution in [0, 0.1) is 0 Å². The first-order chi connectivity index (χ1) is 4.93. The Morgan fingerprint density at radius 1 is 1.60 bits per heavy atom. The summed E-state index contributed by atoms with van der Waals surface area (Å²) in [5.74, 6) is 2.36. The standard InChI is InChI=1S/C7H12N2S/c1-2-10-7-6-9-5-3-4-8-9/h3-5H,2,6-7H2,1H3. The Kier molecular flexibility index (Phi) is 3.36. The number of hydrogen-bond acceptors (Lipinski definition) is 2. The van der Waals surface area contributed by atoms with Gasteiger partial charge in [0.2, 0.25) is 0 Å². The lowest BCUT2D eigenvalue weighted by atomic mass is 10.7. The van der Waals surface area contributed by atoms with E-state index < -0.39 is 0 Å². The van der Waals surface area contributed by atoms with Gasteiger partial charge in [-0.1, -0.05) is 6.92 Å². The van der Waals surface area contributed by atoms with Crippen LogP contribution in [-0.2, 0) is 6.54 Å². The van der Waals surface area contributed by atoms with E-state index in [-0.39, 0.29) is 0 Å². The second-order valence-corrected chi connectivity index (χ2v) is 3.36. The molecule has 0 saturated carbocycles. The van der Waals surface area contributed by atoms with Crippen molar-refractivity contribution >= 4 is 11.8 Å². The lowest BCUT2D eigenvalue weighted by Crippen LogP contribution is -2.00. The van der Waals surface area contributed by atoms with Gasteiger partial charge in [-0.2, -0.15) is 16.9 Å². The molecule has 0 aliphatic heterocycles. The molecule has 0 radical (unpaired) electrons. The molecule has 0 unspecified atom stereocenters. The van der Waals surface area contributed by atoms with Crippen LogP contribution in [0.1, 0.15) is 6.92 Å². The molecule has 2 nitrogen and oxygen atoms in total. The van der Waals surface area contributed by atoms with Crippen molar-refractivity contribution in [1.29, 1.82) is 0 Å². The van der Waals surface area contributed by atoms with Gasteiger partial charge in [-0.25, -0.2) is 0 Å². The molecule has 0 N–H and O–H groups in total. The van der Waals surface area contributed by atoms with Gasteiger partial charge in [0.15, 0.2) is 0 Å². The largest absolute Gasteiger partial charge is 0.272 e. The van der Waals surface area contributed by atoms with Crippen LogP contribution in [0.4, 0.5) is 0 Å². The SMILES string of the molecule is CCSCCn1cccn1. The summed E-state index contributed by atoms with van der Waals surface area (Å²) in [7, 11) is 0. The van der Waals surface area contributed by atoms with Gasteiger partial charge in [-0.3, -0.25) is 4.68 Å². The van der Waals surface area contributed by atoms with Crippen molar-refractivity contribution in [1.82, 2.24) is 9.78 Å². The molecule has 0 fully saturated rings. The van der Waals surface area contributed by atoms with Gasteiger partial charge in [-0.15, -0.1) is 0 Å². The predicted molar refractivity (Wildman–Crippen MR) is 45.2 cm³/mol. The third kappa shape index (κ3) is 2.43. The normalized spacial score (nSPS) is 10.1. The molecule has 0 aliphatic rings. The van der Waals surface area contributed by atoms with Gasteiger partial charge in [-0.05, 0) is 11.8 Å². The first kappa shape index (κ1) is 7.66. The molecule has 1 aromatic heterocycles. The monoisotopic (exact) mass is 156 g/mol. The zero-order chi connectivity index (χ0) is 7.23. The molecule has 1 rings (SSSR count). The maximum atomic E-state index is 4.09. The van der Waals surface area contributed by atoms with Crippen molar-refractivity contribution in [3.63, 3.8) is 0 Å². The van der Waals surface area contributed by atoms with Crippen LogP contribution in [0.2, 0.25) is 0 Å². The Morgan fingerprint density at radius 2 is 2.50 bits per heavy atom. The van der Waals surface area contributed by atoms with Gasteiger partial charge in [0, 0.05) is 24.7 Å². The molecule has 10 heavy (non-hydrogen) atoms. The second-order valence-electron chi connectivity index (χ2n) is 1.97. The fourth-order valence-corrected chi connectivity index (χ4v) is 1.34. The Bertz CT molecular complexity index is 160. The molecule has 0 amide bonds. The van der Waals surface area contributed by atoms with Crippen LogP contribution < -0.4 is 0 Å². The second kappa shape index (κ2) is 4.39. The van der Waals surface area contributed by atoms with E-state index in [9.17, 15) is 0 Å². The average molecular weight is 156 g/mol. The van der Waals surface area contributed by atoms with Crippen LogP contribution >= 0.6 is 11.8 Å². The van der Waals surface area contributed by atoms with Crippen molar-refractivity contribution < 1.29 is 0 Å². The minimum Gasteiger partial charge on any atom is -0.272 e. The number of hydrogen-bond donors (Lipinski definition) is 0. The molecule has 0 aliphatic carbocycles. The van der Waals surface area contributed by atoms with E-state index >= 15 is 0 Å². The minimum atomic E-state index is 1.03. The van der Waals surface area contributed by atoms with E-state index in [1.54, 1.807) is 0 Å². The van der Waals surface area contributed by atoms with Crippen LogP contribution in [0.3, 0.4) is 0 Å². The Morgan fingerprint density at radius 3 is 3.10 bits per heavy atom. The first-order valence-electron chi connectivity index (χ1n) is 3.48. The number of aryl methyl sites for hydroxylation is 1. The number of rotatable bonds is 4. The molecule has 0 atom stereocenters. The highest BCUT2D eigenvalue weighted by Gasteiger charge is 1.87. The highest BCUT2D eigenvalue weighted by Crippen LogP contribution is 1.98. The molecule has 0 saturated heterocycles. The Hall–Kier alpha value is -0.440. The predicted octanol–water partition coefficient (Wildman–Crippen LogP) is 1.64. The van der Waals surface area contributed by atoms with Crippen LogP contribution in [0.5, 0.6) is 0 Å². The lowest BCUT2D eigenvalue weighted by molar-refractivity contribution is 0.666. The Balaban J connectivity index is 2.15. The molecule has 0 bridgehead atoms. The van der Waals surface area contributed by atoms with E-state index in [2.05, 4.69) is 12.0 Å². The third-order valence-corrected chi connectivity index (χ3v) is 2.11. The highest BCUT2D eigenvalue weighted by atomic mass is 32.2. The smallest absolute Gasteiger partial charge is 0.0499 e.